The van der Waals surface area contributed by atoms with Crippen LogP contribution in [0.4, 0.5) is 0 Å². The van der Waals surface area contributed by atoms with Crippen molar-refractivity contribution in [3.05, 3.63) is 24.5 Å². The van der Waals surface area contributed by atoms with Crippen molar-refractivity contribution in [1.82, 2.24) is 4.98 Å². The van der Waals surface area contributed by atoms with E-state index in [9.17, 15) is 0 Å². The summed E-state index contributed by atoms with van der Waals surface area (Å²) in [4.78, 5) is 2.86. The van der Waals surface area contributed by atoms with Crippen LogP contribution in [0.1, 0.15) is 0 Å². The average Bonchev–Trinajstić information content (AvgIpc) is 1.76. The molecule has 43 valence electrons. The standard InChI is InChI=1S/C4H5N.Co.Fe/c1-2-4-5-3-1;;/h1-5H;;. The second kappa shape index (κ2) is 6.31. The van der Waals surface area contributed by atoms with Crippen molar-refractivity contribution in [2.75, 3.05) is 0 Å². The van der Waals surface area contributed by atoms with Crippen LogP contribution in [0.2, 0.25) is 0 Å². The van der Waals surface area contributed by atoms with Crippen molar-refractivity contribution < 1.29 is 33.8 Å². The molecule has 1 rings (SSSR count). The Bertz CT molecular complexity index is 68.2. The van der Waals surface area contributed by atoms with Gasteiger partial charge in [-0.1, -0.05) is 0 Å². The van der Waals surface area contributed by atoms with E-state index in [-0.39, 0.29) is 33.8 Å². The Hall–Kier alpha value is 0.306. The molecular formula is C4H5CoFeN. The minimum atomic E-state index is 0. The zero-order valence-corrected chi connectivity index (χ0v) is 5.64. The summed E-state index contributed by atoms with van der Waals surface area (Å²) in [5.74, 6) is 0. The van der Waals surface area contributed by atoms with E-state index in [4.69, 9.17) is 0 Å². The third-order valence-electron chi connectivity index (χ3n) is 0.496. The molecule has 0 bridgehead atoms. The van der Waals surface area contributed by atoms with E-state index in [2.05, 4.69) is 4.98 Å². The Morgan fingerprint density at radius 3 is 1.57 bits per heavy atom. The van der Waals surface area contributed by atoms with Crippen LogP contribution in [0.3, 0.4) is 0 Å². The Kier molecular flexibility index (Phi) is 9.30. The van der Waals surface area contributed by atoms with Gasteiger partial charge in [0, 0.05) is 46.2 Å². The van der Waals surface area contributed by atoms with Gasteiger partial charge in [-0.2, -0.15) is 0 Å². The third-order valence-corrected chi connectivity index (χ3v) is 0.496. The average molecular weight is 182 g/mol. The zero-order valence-electron chi connectivity index (χ0n) is 3.50. The van der Waals surface area contributed by atoms with Gasteiger partial charge in [0.05, 0.1) is 0 Å². The topological polar surface area (TPSA) is 15.8 Å². The van der Waals surface area contributed by atoms with E-state index in [1.165, 1.54) is 0 Å². The molecule has 1 radical (unpaired) electrons. The molecule has 0 aliphatic carbocycles. The zero-order chi connectivity index (χ0) is 3.54. The fourth-order valence-corrected chi connectivity index (χ4v) is 0.278. The number of aromatic nitrogens is 1. The van der Waals surface area contributed by atoms with Gasteiger partial charge < -0.3 is 4.98 Å². The summed E-state index contributed by atoms with van der Waals surface area (Å²) < 4.78 is 0. The van der Waals surface area contributed by atoms with Gasteiger partial charge in [0.1, 0.15) is 0 Å². The minimum absolute atomic E-state index is 0. The number of H-pyrrole nitrogens is 1. The number of aromatic amines is 1. The van der Waals surface area contributed by atoms with Gasteiger partial charge in [-0.15, -0.1) is 0 Å². The van der Waals surface area contributed by atoms with Crippen molar-refractivity contribution >= 4 is 0 Å². The Morgan fingerprint density at radius 1 is 1.00 bits per heavy atom. The summed E-state index contributed by atoms with van der Waals surface area (Å²) in [6.07, 6.45) is 3.75. The van der Waals surface area contributed by atoms with Crippen LogP contribution in [-0.2, 0) is 33.8 Å². The van der Waals surface area contributed by atoms with Crippen LogP contribution in [0.15, 0.2) is 24.5 Å². The molecule has 0 spiro atoms. The third kappa shape index (κ3) is 4.15. The van der Waals surface area contributed by atoms with Gasteiger partial charge in [0.2, 0.25) is 0 Å². The van der Waals surface area contributed by atoms with E-state index in [0.29, 0.717) is 0 Å². The quantitative estimate of drug-likeness (QED) is 0.576. The fourth-order valence-electron chi connectivity index (χ4n) is 0.278. The Morgan fingerprint density at radius 2 is 1.43 bits per heavy atom. The first-order chi connectivity index (χ1) is 2.50. The van der Waals surface area contributed by atoms with Gasteiger partial charge in [-0.05, 0) is 12.1 Å². The van der Waals surface area contributed by atoms with Crippen LogP contribution in [0, 0.1) is 0 Å². The molecule has 1 aromatic rings. The molecule has 1 N–H and O–H groups in total. The van der Waals surface area contributed by atoms with Crippen LogP contribution >= 0.6 is 0 Å². The van der Waals surface area contributed by atoms with Crippen LogP contribution < -0.4 is 0 Å². The summed E-state index contributed by atoms with van der Waals surface area (Å²) in [5, 5.41) is 0. The fraction of sp³-hybridized carbons (Fsp3) is 0. The minimum Gasteiger partial charge on any atom is -0.368 e. The van der Waals surface area contributed by atoms with Crippen LogP contribution in [0.5, 0.6) is 0 Å². The van der Waals surface area contributed by atoms with Crippen molar-refractivity contribution in [3.63, 3.8) is 0 Å². The maximum absolute atomic E-state index is 2.86. The predicted molar refractivity (Wildman–Crippen MR) is 20.8 cm³/mol. The first-order valence-electron chi connectivity index (χ1n) is 1.58. The summed E-state index contributed by atoms with van der Waals surface area (Å²) in [7, 11) is 0. The first kappa shape index (κ1) is 10.3. The van der Waals surface area contributed by atoms with Gasteiger partial charge >= 0.3 is 0 Å². The summed E-state index contributed by atoms with van der Waals surface area (Å²) in [6.45, 7) is 0. The maximum Gasteiger partial charge on any atom is 0.000496 e. The van der Waals surface area contributed by atoms with E-state index < -0.39 is 0 Å². The molecule has 1 nitrogen and oxygen atoms in total. The largest absolute Gasteiger partial charge is 0.368 e. The second-order valence-corrected chi connectivity index (χ2v) is 0.885. The number of hydrogen-bond donors (Lipinski definition) is 1. The molecule has 0 amide bonds. The van der Waals surface area contributed by atoms with Crippen LogP contribution in [-0.4, -0.2) is 4.98 Å². The first-order valence-corrected chi connectivity index (χ1v) is 1.58. The van der Waals surface area contributed by atoms with Crippen LogP contribution in [0.25, 0.3) is 0 Å². The van der Waals surface area contributed by atoms with Crippen molar-refractivity contribution in [2.24, 2.45) is 0 Å². The normalized spacial score (nSPS) is 5.71. The Balaban J connectivity index is 0. The van der Waals surface area contributed by atoms with E-state index in [0.717, 1.165) is 0 Å². The molecule has 0 aliphatic heterocycles. The molecule has 0 saturated heterocycles. The molecule has 0 atom stereocenters. The van der Waals surface area contributed by atoms with Gasteiger partial charge in [-0.3, -0.25) is 0 Å². The molecule has 1 aromatic heterocycles. The SMILES string of the molecule is [Co].[Fe].c1cc[nH]c1. The van der Waals surface area contributed by atoms with Crippen molar-refractivity contribution in [3.8, 4) is 0 Å². The Labute approximate surface area is 63.6 Å². The number of rotatable bonds is 0. The number of hydrogen-bond acceptors (Lipinski definition) is 0. The van der Waals surface area contributed by atoms with Gasteiger partial charge in [0.25, 0.3) is 0 Å². The molecule has 0 aliphatic rings. The van der Waals surface area contributed by atoms with Crippen molar-refractivity contribution in [2.45, 2.75) is 0 Å². The molecular weight excluding hydrogens is 177 g/mol. The molecule has 0 saturated carbocycles. The van der Waals surface area contributed by atoms with Crippen molar-refractivity contribution in [1.29, 1.82) is 0 Å². The summed E-state index contributed by atoms with van der Waals surface area (Å²) >= 11 is 0. The molecule has 0 unspecified atom stereocenters. The van der Waals surface area contributed by atoms with E-state index in [1.54, 1.807) is 0 Å². The van der Waals surface area contributed by atoms with E-state index in [1.807, 2.05) is 24.5 Å². The van der Waals surface area contributed by atoms with Gasteiger partial charge in [0.15, 0.2) is 0 Å². The summed E-state index contributed by atoms with van der Waals surface area (Å²) in [6, 6.07) is 3.89. The molecule has 3 heteroatoms. The molecule has 1 heterocycles. The smallest absolute Gasteiger partial charge is 0.000496 e. The van der Waals surface area contributed by atoms with E-state index >= 15 is 0 Å². The second-order valence-electron chi connectivity index (χ2n) is 0.885. The molecule has 0 aromatic carbocycles. The molecule has 0 fully saturated rings. The predicted octanol–water partition coefficient (Wildman–Crippen LogP) is 1.01. The maximum atomic E-state index is 2.86. The number of nitrogens with one attached hydrogen (secondary N) is 1. The monoisotopic (exact) mass is 182 g/mol. The summed E-state index contributed by atoms with van der Waals surface area (Å²) in [5.41, 5.74) is 0. The van der Waals surface area contributed by atoms with Gasteiger partial charge in [-0.25, -0.2) is 0 Å². The molecule has 7 heavy (non-hydrogen) atoms.